The number of nitrogens with one attached hydrogen (secondary N) is 1. The fourth-order valence-corrected chi connectivity index (χ4v) is 2.28. The van der Waals surface area contributed by atoms with Crippen molar-refractivity contribution in [3.63, 3.8) is 0 Å². The van der Waals surface area contributed by atoms with E-state index in [-0.39, 0.29) is 12.4 Å². The van der Waals surface area contributed by atoms with Gasteiger partial charge >= 0.3 is 0 Å². The van der Waals surface area contributed by atoms with Crippen molar-refractivity contribution in [1.29, 1.82) is 0 Å². The third-order valence-electron chi connectivity index (χ3n) is 2.10. The molecule has 1 aliphatic heterocycles. The number of hydrogen-bond acceptors (Lipinski definition) is 3. The highest BCUT2D eigenvalue weighted by atomic mass is 35.5. The van der Waals surface area contributed by atoms with E-state index in [0.29, 0.717) is 6.04 Å². The molecule has 0 fully saturated rings. The molecule has 0 amide bonds. The van der Waals surface area contributed by atoms with Crippen LogP contribution < -0.4 is 5.32 Å². The molecule has 4 heteroatoms. The summed E-state index contributed by atoms with van der Waals surface area (Å²) in [6.45, 7) is 3.07. The lowest BCUT2D eigenvalue weighted by molar-refractivity contribution is 0.728. The fraction of sp³-hybridized carbons (Fsp3) is 0.364. The lowest BCUT2D eigenvalue weighted by Crippen LogP contribution is -2.25. The molecule has 1 N–H and O–H groups in total. The minimum absolute atomic E-state index is 0. The van der Waals surface area contributed by atoms with E-state index in [4.69, 9.17) is 0 Å². The van der Waals surface area contributed by atoms with E-state index < -0.39 is 0 Å². The van der Waals surface area contributed by atoms with Gasteiger partial charge in [0.05, 0.1) is 6.54 Å². The fourth-order valence-electron chi connectivity index (χ4n) is 1.34. The van der Waals surface area contributed by atoms with Crippen molar-refractivity contribution < 1.29 is 0 Å². The van der Waals surface area contributed by atoms with Gasteiger partial charge < -0.3 is 5.32 Å². The molecule has 0 saturated heterocycles. The van der Waals surface area contributed by atoms with Crippen molar-refractivity contribution in [2.24, 2.45) is 4.99 Å². The predicted molar refractivity (Wildman–Crippen MR) is 69.9 cm³/mol. The highest BCUT2D eigenvalue weighted by Gasteiger charge is 2.12. The Morgan fingerprint density at radius 1 is 1.40 bits per heavy atom. The lowest BCUT2D eigenvalue weighted by atomic mass is 10.2. The molecule has 0 bridgehead atoms. The summed E-state index contributed by atoms with van der Waals surface area (Å²) in [5.74, 6) is 0.999. The SMILES string of the molecule is CC1CN=C(SCc2ccccc2)N1.Cl. The molecule has 0 saturated carbocycles. The van der Waals surface area contributed by atoms with Gasteiger partial charge in [0.25, 0.3) is 0 Å². The summed E-state index contributed by atoms with van der Waals surface area (Å²) in [6.07, 6.45) is 0. The van der Waals surface area contributed by atoms with E-state index in [2.05, 4.69) is 41.5 Å². The van der Waals surface area contributed by atoms with Gasteiger partial charge in [-0.05, 0) is 12.5 Å². The highest BCUT2D eigenvalue weighted by molar-refractivity contribution is 8.13. The molecule has 2 rings (SSSR count). The maximum absolute atomic E-state index is 4.40. The van der Waals surface area contributed by atoms with Gasteiger partial charge in [-0.3, -0.25) is 4.99 Å². The third-order valence-corrected chi connectivity index (χ3v) is 3.10. The molecular weight excluding hydrogens is 228 g/mol. The molecule has 2 nitrogen and oxygen atoms in total. The average molecular weight is 243 g/mol. The van der Waals surface area contributed by atoms with Gasteiger partial charge in [-0.15, -0.1) is 12.4 Å². The molecule has 0 aliphatic carbocycles. The Balaban J connectivity index is 0.00000112. The largest absolute Gasteiger partial charge is 0.361 e. The topological polar surface area (TPSA) is 24.4 Å². The van der Waals surface area contributed by atoms with Crippen LogP contribution in [0.1, 0.15) is 12.5 Å². The zero-order valence-electron chi connectivity index (χ0n) is 8.64. The van der Waals surface area contributed by atoms with Crippen molar-refractivity contribution >= 4 is 29.3 Å². The first kappa shape index (κ1) is 12.4. The summed E-state index contributed by atoms with van der Waals surface area (Å²) in [7, 11) is 0. The molecule has 82 valence electrons. The van der Waals surface area contributed by atoms with Crippen molar-refractivity contribution in [2.45, 2.75) is 18.7 Å². The number of thioether (sulfide) groups is 1. The maximum Gasteiger partial charge on any atom is 0.157 e. The van der Waals surface area contributed by atoms with E-state index in [0.717, 1.165) is 17.5 Å². The maximum atomic E-state index is 4.40. The van der Waals surface area contributed by atoms with Gasteiger partial charge in [0, 0.05) is 11.8 Å². The number of benzene rings is 1. The summed E-state index contributed by atoms with van der Waals surface area (Å²) < 4.78 is 0. The number of halogens is 1. The van der Waals surface area contributed by atoms with Crippen LogP contribution in [0.4, 0.5) is 0 Å². The Bertz CT molecular complexity index is 327. The van der Waals surface area contributed by atoms with Crippen molar-refractivity contribution in [3.8, 4) is 0 Å². The quantitative estimate of drug-likeness (QED) is 0.863. The van der Waals surface area contributed by atoms with E-state index in [1.54, 1.807) is 11.8 Å². The number of nitrogens with zero attached hydrogens (tertiary/aromatic N) is 1. The first-order valence-electron chi connectivity index (χ1n) is 4.82. The third kappa shape index (κ3) is 3.76. The summed E-state index contributed by atoms with van der Waals surface area (Å²) in [5, 5.41) is 4.42. The van der Waals surface area contributed by atoms with Crippen LogP contribution in [0.2, 0.25) is 0 Å². The Morgan fingerprint density at radius 3 is 2.73 bits per heavy atom. The Morgan fingerprint density at radius 2 is 2.13 bits per heavy atom. The summed E-state index contributed by atoms with van der Waals surface area (Å²) in [5.41, 5.74) is 1.35. The van der Waals surface area contributed by atoms with Gasteiger partial charge in [-0.25, -0.2) is 0 Å². The second kappa shape index (κ2) is 6.03. The zero-order valence-corrected chi connectivity index (χ0v) is 10.3. The molecule has 0 spiro atoms. The summed E-state index contributed by atoms with van der Waals surface area (Å²) in [4.78, 5) is 4.40. The predicted octanol–water partition coefficient (Wildman–Crippen LogP) is 2.69. The van der Waals surface area contributed by atoms with Crippen molar-refractivity contribution in [2.75, 3.05) is 6.54 Å². The molecule has 1 atom stereocenters. The van der Waals surface area contributed by atoms with Crippen LogP contribution in [0.15, 0.2) is 35.3 Å². The number of amidine groups is 1. The van der Waals surface area contributed by atoms with Crippen molar-refractivity contribution in [1.82, 2.24) is 5.32 Å². The highest BCUT2D eigenvalue weighted by Crippen LogP contribution is 2.15. The smallest absolute Gasteiger partial charge is 0.157 e. The van der Waals surface area contributed by atoms with Crippen LogP contribution >= 0.6 is 24.2 Å². The van der Waals surface area contributed by atoms with Crippen LogP contribution in [0, 0.1) is 0 Å². The molecule has 0 radical (unpaired) electrons. The molecule has 15 heavy (non-hydrogen) atoms. The van der Waals surface area contributed by atoms with Gasteiger partial charge in [0.15, 0.2) is 5.17 Å². The van der Waals surface area contributed by atoms with Crippen LogP contribution in [-0.4, -0.2) is 17.8 Å². The van der Waals surface area contributed by atoms with Gasteiger partial charge in [0.1, 0.15) is 0 Å². The Hall–Kier alpha value is -0.670. The lowest BCUT2D eigenvalue weighted by Gasteiger charge is -2.04. The number of hydrogen-bond donors (Lipinski definition) is 1. The van der Waals surface area contributed by atoms with Gasteiger partial charge in [0.2, 0.25) is 0 Å². The van der Waals surface area contributed by atoms with Gasteiger partial charge in [-0.1, -0.05) is 42.1 Å². The first-order valence-corrected chi connectivity index (χ1v) is 5.81. The second-order valence-electron chi connectivity index (χ2n) is 3.47. The Labute approximate surface area is 101 Å². The Kier molecular flexibility index (Phi) is 4.99. The molecule has 1 aliphatic rings. The van der Waals surface area contributed by atoms with Gasteiger partial charge in [-0.2, -0.15) is 0 Å². The number of rotatable bonds is 2. The second-order valence-corrected chi connectivity index (χ2v) is 4.43. The zero-order chi connectivity index (χ0) is 9.80. The molecule has 0 aromatic heterocycles. The van der Waals surface area contributed by atoms with Crippen LogP contribution in [0.25, 0.3) is 0 Å². The molecular formula is C11H15ClN2S. The van der Waals surface area contributed by atoms with Crippen LogP contribution in [0.3, 0.4) is 0 Å². The van der Waals surface area contributed by atoms with Crippen LogP contribution in [-0.2, 0) is 5.75 Å². The monoisotopic (exact) mass is 242 g/mol. The van der Waals surface area contributed by atoms with E-state index in [9.17, 15) is 0 Å². The normalized spacial score (nSPS) is 19.0. The molecule has 1 aromatic rings. The van der Waals surface area contributed by atoms with E-state index >= 15 is 0 Å². The average Bonchev–Trinajstić information content (AvgIpc) is 2.63. The molecule has 1 heterocycles. The molecule has 1 aromatic carbocycles. The molecule has 1 unspecified atom stereocenters. The van der Waals surface area contributed by atoms with Crippen LogP contribution in [0.5, 0.6) is 0 Å². The number of aliphatic imine (C=N–C) groups is 1. The van der Waals surface area contributed by atoms with E-state index in [1.165, 1.54) is 5.56 Å². The minimum atomic E-state index is 0. The summed E-state index contributed by atoms with van der Waals surface area (Å²) in [6, 6.07) is 11.0. The summed E-state index contributed by atoms with van der Waals surface area (Å²) >= 11 is 1.78. The minimum Gasteiger partial charge on any atom is -0.361 e. The standard InChI is InChI=1S/C11H14N2S.ClH/c1-9-7-12-11(13-9)14-8-10-5-3-2-4-6-10;/h2-6,9H,7-8H2,1H3,(H,12,13);1H. The van der Waals surface area contributed by atoms with Crippen molar-refractivity contribution in [3.05, 3.63) is 35.9 Å². The van der Waals surface area contributed by atoms with E-state index in [1.807, 2.05) is 6.07 Å². The first-order chi connectivity index (χ1) is 6.84.